The Labute approximate surface area is 204 Å². The fourth-order valence-electron chi connectivity index (χ4n) is 4.75. The molecule has 1 saturated carbocycles. The van der Waals surface area contributed by atoms with Gasteiger partial charge in [0.2, 0.25) is 11.8 Å². The predicted molar refractivity (Wildman–Crippen MR) is 134 cm³/mol. The molecule has 0 spiro atoms. The minimum absolute atomic E-state index is 0.0210. The van der Waals surface area contributed by atoms with Crippen LogP contribution in [0.15, 0.2) is 59.0 Å². The van der Waals surface area contributed by atoms with Crippen LogP contribution in [-0.4, -0.2) is 33.6 Å². The average Bonchev–Trinajstić information content (AvgIpc) is 3.53. The molecule has 2 aliphatic carbocycles. The monoisotopic (exact) mass is 493 g/mol. The molecule has 5 rings (SSSR count). The number of amides is 2. The molecule has 1 aromatic heterocycles. The van der Waals surface area contributed by atoms with Crippen LogP contribution in [0.3, 0.4) is 0 Å². The Bertz CT molecular complexity index is 1300. The Morgan fingerprint density at radius 3 is 2.47 bits per heavy atom. The number of anilines is 2. The van der Waals surface area contributed by atoms with Crippen LogP contribution < -0.4 is 10.6 Å². The molecule has 0 unspecified atom stereocenters. The number of fused-ring (bicyclic) bond motifs is 3. The van der Waals surface area contributed by atoms with E-state index in [0.29, 0.717) is 5.69 Å². The number of hydrogen-bond donors (Lipinski definition) is 3. The van der Waals surface area contributed by atoms with E-state index in [4.69, 9.17) is 0 Å². The van der Waals surface area contributed by atoms with E-state index < -0.39 is 17.8 Å². The van der Waals surface area contributed by atoms with Crippen LogP contribution in [0.25, 0.3) is 10.2 Å². The van der Waals surface area contributed by atoms with Gasteiger partial charge in [-0.05, 0) is 55.5 Å². The molecule has 34 heavy (non-hydrogen) atoms. The molecule has 4 atom stereocenters. The van der Waals surface area contributed by atoms with Crippen molar-refractivity contribution in [3.8, 4) is 0 Å². The van der Waals surface area contributed by atoms with Crippen molar-refractivity contribution in [2.45, 2.75) is 17.7 Å². The van der Waals surface area contributed by atoms with Gasteiger partial charge in [-0.15, -0.1) is 11.3 Å². The van der Waals surface area contributed by atoms with E-state index in [1.165, 1.54) is 23.1 Å². The number of thioether (sulfide) groups is 1. The summed E-state index contributed by atoms with van der Waals surface area (Å²) < 4.78 is 1.66. The number of aliphatic carboxylic acids is 1. The molecule has 0 radical (unpaired) electrons. The first-order valence-electron chi connectivity index (χ1n) is 11.0. The Balaban J connectivity index is 1.22. The van der Waals surface area contributed by atoms with E-state index in [1.54, 1.807) is 6.07 Å². The Morgan fingerprint density at radius 1 is 1.03 bits per heavy atom. The standard InChI is InChI=1S/C25H23N3O4S2/c1-13-2-6-16(7-3-13)26-20(29)12-33-25-28-18-9-8-17(11-19(18)34-25)27-23(30)21-14-4-5-15(10-14)22(21)24(31)32/h2-9,11,14-15,21-22H,10,12H2,1H3,(H,26,29)(H,27,30)(H,31,32)/t14-,15-,21+,22-/m0/s1. The van der Waals surface area contributed by atoms with Crippen molar-refractivity contribution < 1.29 is 19.5 Å². The molecule has 2 bridgehead atoms. The van der Waals surface area contributed by atoms with Crippen LogP contribution >= 0.6 is 23.1 Å². The van der Waals surface area contributed by atoms with Gasteiger partial charge in [0, 0.05) is 11.4 Å². The minimum atomic E-state index is -0.914. The Kier molecular flexibility index (Phi) is 6.14. The van der Waals surface area contributed by atoms with Crippen molar-refractivity contribution in [3.05, 3.63) is 60.2 Å². The van der Waals surface area contributed by atoms with Crippen molar-refractivity contribution in [1.29, 1.82) is 0 Å². The maximum Gasteiger partial charge on any atom is 0.307 e. The van der Waals surface area contributed by atoms with Gasteiger partial charge in [-0.1, -0.05) is 41.6 Å². The number of carboxylic acids is 1. The first-order chi connectivity index (χ1) is 16.4. The lowest BCUT2D eigenvalue weighted by Crippen LogP contribution is -2.36. The fraction of sp³-hybridized carbons (Fsp3) is 0.280. The molecule has 9 heteroatoms. The quantitative estimate of drug-likeness (QED) is 0.322. The highest BCUT2D eigenvalue weighted by molar-refractivity contribution is 8.01. The summed E-state index contributed by atoms with van der Waals surface area (Å²) in [4.78, 5) is 41.5. The number of carbonyl (C=O) groups is 3. The van der Waals surface area contributed by atoms with E-state index in [0.717, 1.165) is 32.2 Å². The number of hydrogen-bond acceptors (Lipinski definition) is 6. The molecule has 1 fully saturated rings. The van der Waals surface area contributed by atoms with Gasteiger partial charge in [-0.2, -0.15) is 0 Å². The number of aryl methyl sites for hydroxylation is 1. The largest absolute Gasteiger partial charge is 0.481 e. The summed E-state index contributed by atoms with van der Waals surface area (Å²) in [6, 6.07) is 13.1. The van der Waals surface area contributed by atoms with Crippen LogP contribution in [0.5, 0.6) is 0 Å². The van der Waals surface area contributed by atoms with Gasteiger partial charge in [0.1, 0.15) is 0 Å². The molecule has 2 amide bonds. The number of nitrogens with zero attached hydrogens (tertiary/aromatic N) is 1. The minimum Gasteiger partial charge on any atom is -0.481 e. The van der Waals surface area contributed by atoms with E-state index >= 15 is 0 Å². The molecule has 0 saturated heterocycles. The lowest BCUT2D eigenvalue weighted by Gasteiger charge is -2.23. The molecule has 2 aromatic carbocycles. The number of thiazole rings is 1. The second kappa shape index (κ2) is 9.23. The maximum atomic E-state index is 12.9. The normalized spacial score (nSPS) is 22.7. The number of rotatable bonds is 7. The summed E-state index contributed by atoms with van der Waals surface area (Å²) >= 11 is 2.82. The molecule has 2 aliphatic rings. The zero-order valence-electron chi connectivity index (χ0n) is 18.4. The summed E-state index contributed by atoms with van der Waals surface area (Å²) in [6.07, 6.45) is 4.62. The summed E-state index contributed by atoms with van der Waals surface area (Å²) in [5, 5.41) is 15.4. The second-order valence-corrected chi connectivity index (χ2v) is 10.9. The van der Waals surface area contributed by atoms with Gasteiger partial charge in [0.25, 0.3) is 0 Å². The summed E-state index contributed by atoms with van der Waals surface area (Å²) in [7, 11) is 0. The lowest BCUT2D eigenvalue weighted by molar-refractivity contribution is -0.146. The third kappa shape index (κ3) is 4.58. The van der Waals surface area contributed by atoms with Gasteiger partial charge in [0.15, 0.2) is 4.34 Å². The van der Waals surface area contributed by atoms with E-state index in [9.17, 15) is 19.5 Å². The molecule has 7 nitrogen and oxygen atoms in total. The van der Waals surface area contributed by atoms with Crippen LogP contribution in [0.2, 0.25) is 0 Å². The predicted octanol–water partition coefficient (Wildman–Crippen LogP) is 4.80. The topological polar surface area (TPSA) is 108 Å². The summed E-state index contributed by atoms with van der Waals surface area (Å²) in [5.41, 5.74) is 3.30. The number of benzene rings is 2. The number of carboxylic acid groups (broad SMARTS) is 1. The molecule has 3 N–H and O–H groups in total. The smallest absolute Gasteiger partial charge is 0.307 e. The van der Waals surface area contributed by atoms with Crippen molar-refractivity contribution in [2.75, 3.05) is 16.4 Å². The van der Waals surface area contributed by atoms with E-state index in [-0.39, 0.29) is 29.4 Å². The van der Waals surface area contributed by atoms with Gasteiger partial charge in [-0.25, -0.2) is 4.98 Å². The first kappa shape index (κ1) is 22.6. The number of aromatic nitrogens is 1. The molecule has 1 heterocycles. The van der Waals surface area contributed by atoms with Crippen LogP contribution in [0.1, 0.15) is 12.0 Å². The van der Waals surface area contributed by atoms with E-state index in [2.05, 4.69) is 15.6 Å². The van der Waals surface area contributed by atoms with Crippen LogP contribution in [0.4, 0.5) is 11.4 Å². The van der Waals surface area contributed by atoms with Crippen molar-refractivity contribution in [3.63, 3.8) is 0 Å². The molecule has 3 aromatic rings. The highest BCUT2D eigenvalue weighted by Crippen LogP contribution is 2.48. The Hall–Kier alpha value is -3.17. The summed E-state index contributed by atoms with van der Waals surface area (Å²) in [6.45, 7) is 1.99. The fourth-order valence-corrected chi connectivity index (χ4v) is 6.65. The van der Waals surface area contributed by atoms with Gasteiger partial charge >= 0.3 is 5.97 Å². The lowest BCUT2D eigenvalue weighted by atomic mass is 9.82. The van der Waals surface area contributed by atoms with Crippen molar-refractivity contribution in [2.24, 2.45) is 23.7 Å². The average molecular weight is 494 g/mol. The van der Waals surface area contributed by atoms with Crippen LogP contribution in [0, 0.1) is 30.6 Å². The van der Waals surface area contributed by atoms with Gasteiger partial charge < -0.3 is 15.7 Å². The van der Waals surface area contributed by atoms with Crippen molar-refractivity contribution >= 4 is 62.5 Å². The maximum absolute atomic E-state index is 12.9. The van der Waals surface area contributed by atoms with E-state index in [1.807, 2.05) is 55.5 Å². The number of carbonyl (C=O) groups excluding carboxylic acids is 2. The zero-order chi connectivity index (χ0) is 23.8. The number of allylic oxidation sites excluding steroid dienone is 2. The SMILES string of the molecule is Cc1ccc(NC(=O)CSc2nc3ccc(NC(=O)[C@H]4[C@@H](C(=O)O)[C@H]5C=C[C@H]4C5)cc3s2)cc1. The number of nitrogens with one attached hydrogen (secondary N) is 2. The van der Waals surface area contributed by atoms with Crippen LogP contribution in [-0.2, 0) is 14.4 Å². The molecule has 174 valence electrons. The second-order valence-electron chi connectivity index (χ2n) is 8.69. The first-order valence-corrected chi connectivity index (χ1v) is 12.8. The highest BCUT2D eigenvalue weighted by Gasteiger charge is 2.51. The van der Waals surface area contributed by atoms with Gasteiger partial charge in [0.05, 0.1) is 27.8 Å². The van der Waals surface area contributed by atoms with Gasteiger partial charge in [-0.3, -0.25) is 14.4 Å². The highest BCUT2D eigenvalue weighted by atomic mass is 32.2. The summed E-state index contributed by atoms with van der Waals surface area (Å²) in [5.74, 6) is -2.34. The van der Waals surface area contributed by atoms with Crippen molar-refractivity contribution in [1.82, 2.24) is 4.98 Å². The molecule has 0 aliphatic heterocycles. The zero-order valence-corrected chi connectivity index (χ0v) is 20.0. The molecular formula is C25H23N3O4S2. The molecular weight excluding hydrogens is 470 g/mol. The Morgan fingerprint density at radius 2 is 1.74 bits per heavy atom. The third-order valence-electron chi connectivity index (χ3n) is 6.35. The third-order valence-corrected chi connectivity index (χ3v) is 8.51.